The van der Waals surface area contributed by atoms with Crippen molar-refractivity contribution in [3.8, 4) is 0 Å². The van der Waals surface area contributed by atoms with E-state index in [1.165, 1.54) is 16.7 Å². The molecule has 0 unspecified atom stereocenters. The van der Waals surface area contributed by atoms with Gasteiger partial charge in [-0.1, -0.05) is 6.92 Å². The zero-order valence-electron chi connectivity index (χ0n) is 10.4. The van der Waals surface area contributed by atoms with Gasteiger partial charge in [0.1, 0.15) is 15.6 Å². The first-order chi connectivity index (χ1) is 8.47. The number of anilines is 1. The van der Waals surface area contributed by atoms with E-state index in [0.717, 1.165) is 23.7 Å². The van der Waals surface area contributed by atoms with Crippen LogP contribution in [0.4, 0.5) is 9.80 Å². The van der Waals surface area contributed by atoms with Gasteiger partial charge in [-0.15, -0.1) is 11.8 Å². The number of amides is 2. The van der Waals surface area contributed by atoms with Gasteiger partial charge in [0.2, 0.25) is 0 Å². The summed E-state index contributed by atoms with van der Waals surface area (Å²) in [6.45, 7) is 2.01. The molecule has 1 heterocycles. The average molecular weight is 289 g/mol. The Morgan fingerprint density at radius 2 is 2.17 bits per heavy atom. The van der Waals surface area contributed by atoms with Crippen LogP contribution in [0.15, 0.2) is 5.03 Å². The van der Waals surface area contributed by atoms with Crippen LogP contribution in [0.1, 0.15) is 23.7 Å². The molecule has 8 heteroatoms. The second-order valence-electron chi connectivity index (χ2n) is 3.67. The van der Waals surface area contributed by atoms with Gasteiger partial charge in [-0.3, -0.25) is 5.32 Å². The Hall–Kier alpha value is -1.28. The van der Waals surface area contributed by atoms with Crippen LogP contribution in [-0.2, 0) is 0 Å². The molecule has 0 aliphatic carbocycles. The quantitative estimate of drug-likeness (QED) is 0.813. The van der Waals surface area contributed by atoms with Gasteiger partial charge in [0.05, 0.1) is 0 Å². The zero-order chi connectivity index (χ0) is 13.7. The number of carbonyl (C=O) groups excluding carboxylic acids is 1. The maximum atomic E-state index is 11.5. The molecule has 18 heavy (non-hydrogen) atoms. The summed E-state index contributed by atoms with van der Waals surface area (Å²) in [4.78, 5) is 24.0. The van der Waals surface area contributed by atoms with E-state index in [-0.39, 0.29) is 16.6 Å². The molecule has 6 nitrogen and oxygen atoms in total. The SMILES string of the molecule is CCCSc1nsc(NC(=O)N(C)C)c1C(=O)O. The number of rotatable bonds is 5. The number of aromatic carboxylic acids is 1. The lowest BCUT2D eigenvalue weighted by atomic mass is 10.3. The predicted molar refractivity (Wildman–Crippen MR) is 72.8 cm³/mol. The number of nitrogens with one attached hydrogen (secondary N) is 1. The first-order valence-corrected chi connectivity index (χ1v) is 7.07. The number of hydrogen-bond donors (Lipinski definition) is 2. The standard InChI is InChI=1S/C10H15N3O3S2/c1-4-5-17-8-6(9(14)15)7(18-12-8)11-10(16)13(2)3/h4-5H2,1-3H3,(H,11,16)(H,14,15). The van der Waals surface area contributed by atoms with E-state index < -0.39 is 5.97 Å². The molecular formula is C10H15N3O3S2. The van der Waals surface area contributed by atoms with Crippen LogP contribution < -0.4 is 5.32 Å². The van der Waals surface area contributed by atoms with Crippen LogP contribution >= 0.6 is 23.3 Å². The van der Waals surface area contributed by atoms with Crippen molar-refractivity contribution in [2.24, 2.45) is 0 Å². The van der Waals surface area contributed by atoms with Crippen molar-refractivity contribution < 1.29 is 14.7 Å². The van der Waals surface area contributed by atoms with E-state index in [1.807, 2.05) is 6.92 Å². The number of carboxylic acids is 1. The average Bonchev–Trinajstić information content (AvgIpc) is 2.69. The molecule has 0 fully saturated rings. The normalized spacial score (nSPS) is 10.2. The number of aromatic nitrogens is 1. The molecule has 100 valence electrons. The Labute approximate surface area is 114 Å². The van der Waals surface area contributed by atoms with Gasteiger partial charge in [0.15, 0.2) is 0 Å². The van der Waals surface area contributed by atoms with Crippen molar-refractivity contribution in [2.75, 3.05) is 25.2 Å². The fourth-order valence-electron chi connectivity index (χ4n) is 1.06. The summed E-state index contributed by atoms with van der Waals surface area (Å²) in [5.41, 5.74) is 0.0775. The molecule has 0 spiro atoms. The molecular weight excluding hydrogens is 274 g/mol. The third-order valence-electron chi connectivity index (χ3n) is 1.94. The van der Waals surface area contributed by atoms with E-state index in [0.29, 0.717) is 5.03 Å². The lowest BCUT2D eigenvalue weighted by Crippen LogP contribution is -2.27. The summed E-state index contributed by atoms with van der Waals surface area (Å²) in [7, 11) is 3.17. The molecule has 0 aliphatic rings. The molecule has 0 radical (unpaired) electrons. The molecule has 0 aromatic carbocycles. The van der Waals surface area contributed by atoms with Crippen molar-refractivity contribution in [1.29, 1.82) is 0 Å². The molecule has 1 aromatic heterocycles. The van der Waals surface area contributed by atoms with Crippen LogP contribution in [0.5, 0.6) is 0 Å². The molecule has 1 rings (SSSR count). The van der Waals surface area contributed by atoms with Crippen molar-refractivity contribution in [1.82, 2.24) is 9.27 Å². The summed E-state index contributed by atoms with van der Waals surface area (Å²) in [6.07, 6.45) is 0.931. The third-order valence-corrected chi connectivity index (χ3v) is 4.00. The maximum absolute atomic E-state index is 11.5. The van der Waals surface area contributed by atoms with Gasteiger partial charge < -0.3 is 10.0 Å². The highest BCUT2D eigenvalue weighted by Gasteiger charge is 2.22. The largest absolute Gasteiger partial charge is 0.477 e. The van der Waals surface area contributed by atoms with Crippen molar-refractivity contribution >= 4 is 40.3 Å². The van der Waals surface area contributed by atoms with E-state index >= 15 is 0 Å². The number of hydrogen-bond acceptors (Lipinski definition) is 5. The fraction of sp³-hybridized carbons (Fsp3) is 0.500. The van der Waals surface area contributed by atoms with Gasteiger partial charge in [-0.25, -0.2) is 9.59 Å². The first-order valence-electron chi connectivity index (χ1n) is 5.31. The number of nitrogens with zero attached hydrogens (tertiary/aromatic N) is 2. The predicted octanol–water partition coefficient (Wildman–Crippen LogP) is 2.44. The Morgan fingerprint density at radius 3 is 2.67 bits per heavy atom. The van der Waals surface area contributed by atoms with Crippen LogP contribution in [0.2, 0.25) is 0 Å². The third kappa shape index (κ3) is 3.61. The number of urea groups is 1. The lowest BCUT2D eigenvalue weighted by molar-refractivity contribution is 0.0694. The number of carbonyl (C=O) groups is 2. The van der Waals surface area contributed by atoms with Gasteiger partial charge >= 0.3 is 12.0 Å². The first kappa shape index (κ1) is 14.8. The lowest BCUT2D eigenvalue weighted by Gasteiger charge is -2.10. The van der Waals surface area contributed by atoms with Gasteiger partial charge in [0.25, 0.3) is 0 Å². The minimum atomic E-state index is -1.07. The Bertz CT molecular complexity index is 446. The molecule has 2 amide bonds. The van der Waals surface area contributed by atoms with Crippen molar-refractivity contribution in [3.63, 3.8) is 0 Å². The highest BCUT2D eigenvalue weighted by molar-refractivity contribution is 7.99. The van der Waals surface area contributed by atoms with Crippen molar-refractivity contribution in [3.05, 3.63) is 5.56 Å². The molecule has 0 saturated carbocycles. The zero-order valence-corrected chi connectivity index (χ0v) is 12.0. The van der Waals surface area contributed by atoms with E-state index in [9.17, 15) is 14.7 Å². The minimum Gasteiger partial charge on any atom is -0.477 e. The van der Waals surface area contributed by atoms with Crippen LogP contribution in [0.3, 0.4) is 0 Å². The maximum Gasteiger partial charge on any atom is 0.341 e. The highest BCUT2D eigenvalue weighted by atomic mass is 32.2. The summed E-state index contributed by atoms with van der Waals surface area (Å²) < 4.78 is 4.08. The Morgan fingerprint density at radius 1 is 1.50 bits per heavy atom. The smallest absolute Gasteiger partial charge is 0.341 e. The molecule has 1 aromatic rings. The monoisotopic (exact) mass is 289 g/mol. The van der Waals surface area contributed by atoms with E-state index in [2.05, 4.69) is 9.69 Å². The molecule has 0 saturated heterocycles. The number of carboxylic acid groups (broad SMARTS) is 1. The summed E-state index contributed by atoms with van der Waals surface area (Å²) in [5.74, 6) is -0.276. The fourth-order valence-corrected chi connectivity index (χ4v) is 2.85. The molecule has 2 N–H and O–H groups in total. The molecule has 0 atom stereocenters. The summed E-state index contributed by atoms with van der Waals surface area (Å²) in [6, 6.07) is -0.367. The molecule has 0 bridgehead atoms. The second-order valence-corrected chi connectivity index (χ2v) is 5.53. The Balaban J connectivity index is 2.95. The van der Waals surface area contributed by atoms with E-state index in [4.69, 9.17) is 0 Å². The topological polar surface area (TPSA) is 82.5 Å². The minimum absolute atomic E-state index is 0.0775. The van der Waals surface area contributed by atoms with Crippen molar-refractivity contribution in [2.45, 2.75) is 18.4 Å². The summed E-state index contributed by atoms with van der Waals surface area (Å²) in [5, 5.41) is 12.5. The highest BCUT2D eigenvalue weighted by Crippen LogP contribution is 2.32. The van der Waals surface area contributed by atoms with Crippen LogP contribution in [0.25, 0.3) is 0 Å². The molecule has 0 aliphatic heterocycles. The van der Waals surface area contributed by atoms with E-state index in [1.54, 1.807) is 14.1 Å². The Kier molecular flexibility index (Phi) is 5.42. The number of thioether (sulfide) groups is 1. The van der Waals surface area contributed by atoms with Gasteiger partial charge in [0, 0.05) is 14.1 Å². The van der Waals surface area contributed by atoms with Gasteiger partial charge in [-0.2, -0.15) is 4.37 Å². The van der Waals surface area contributed by atoms with Crippen LogP contribution in [0, 0.1) is 0 Å². The van der Waals surface area contributed by atoms with Gasteiger partial charge in [-0.05, 0) is 23.7 Å². The van der Waals surface area contributed by atoms with Crippen LogP contribution in [-0.4, -0.2) is 46.2 Å². The summed E-state index contributed by atoms with van der Waals surface area (Å²) >= 11 is 2.38. The second kappa shape index (κ2) is 6.60.